The Kier molecular flexibility index (Phi) is 4.66. The van der Waals surface area contributed by atoms with Crippen LogP contribution in [0, 0.1) is 0 Å². The van der Waals surface area contributed by atoms with E-state index >= 15 is 0 Å². The van der Waals surface area contributed by atoms with Crippen molar-refractivity contribution in [2.75, 3.05) is 6.61 Å². The zero-order valence-electron chi connectivity index (χ0n) is 14.0. The smallest absolute Gasteiger partial charge is 0.330 e. The molecule has 0 saturated carbocycles. The Bertz CT molecular complexity index is 857. The number of hydrogen-bond acceptors (Lipinski definition) is 6. The summed E-state index contributed by atoms with van der Waals surface area (Å²) in [6, 6.07) is 3.55. The standard InChI is InChI=1S/C18H16N2O6/c1-2-26-15(22)8-4-10-3-5-11-12(9-10)18(25)20(17(11)24)13-6-7-14(21)19-16(13)23/h3-5,8-9,13H,2,6-7H2,1H3,(H,19,21,23)/b8-4+. The third kappa shape index (κ3) is 3.13. The van der Waals surface area contributed by atoms with Gasteiger partial charge in [-0.3, -0.25) is 29.4 Å². The van der Waals surface area contributed by atoms with E-state index in [1.165, 1.54) is 24.3 Å². The summed E-state index contributed by atoms with van der Waals surface area (Å²) < 4.78 is 4.78. The molecule has 1 atom stereocenters. The normalized spacial score (nSPS) is 19.7. The van der Waals surface area contributed by atoms with E-state index in [0.717, 1.165) is 4.90 Å². The molecule has 3 rings (SSSR count). The molecule has 0 bridgehead atoms. The van der Waals surface area contributed by atoms with Crippen molar-refractivity contribution in [3.63, 3.8) is 0 Å². The lowest BCUT2D eigenvalue weighted by molar-refractivity contribution is -0.137. The molecule has 1 fully saturated rings. The maximum atomic E-state index is 12.7. The van der Waals surface area contributed by atoms with E-state index in [1.54, 1.807) is 13.0 Å². The van der Waals surface area contributed by atoms with Gasteiger partial charge in [0.05, 0.1) is 17.7 Å². The number of carbonyl (C=O) groups is 5. The molecule has 8 nitrogen and oxygen atoms in total. The van der Waals surface area contributed by atoms with Crippen molar-refractivity contribution >= 4 is 35.7 Å². The monoisotopic (exact) mass is 356 g/mol. The highest BCUT2D eigenvalue weighted by Crippen LogP contribution is 2.28. The van der Waals surface area contributed by atoms with E-state index in [0.29, 0.717) is 5.56 Å². The molecular weight excluding hydrogens is 340 g/mol. The summed E-state index contributed by atoms with van der Waals surface area (Å²) in [5, 5.41) is 2.14. The molecule has 2 aliphatic rings. The fourth-order valence-electron chi connectivity index (χ4n) is 2.95. The number of amides is 4. The number of ether oxygens (including phenoxy) is 1. The van der Waals surface area contributed by atoms with Crippen LogP contribution in [-0.4, -0.2) is 47.1 Å². The van der Waals surface area contributed by atoms with Crippen LogP contribution in [0.5, 0.6) is 0 Å². The minimum Gasteiger partial charge on any atom is -0.463 e. The Balaban J connectivity index is 1.85. The molecule has 0 radical (unpaired) electrons. The third-order valence-corrected chi connectivity index (χ3v) is 4.16. The van der Waals surface area contributed by atoms with E-state index in [9.17, 15) is 24.0 Å². The molecule has 0 spiro atoms. The fourth-order valence-corrected chi connectivity index (χ4v) is 2.95. The van der Waals surface area contributed by atoms with Gasteiger partial charge in [0.15, 0.2) is 0 Å². The van der Waals surface area contributed by atoms with Gasteiger partial charge in [-0.1, -0.05) is 6.07 Å². The molecular formula is C18H16N2O6. The Morgan fingerprint density at radius 2 is 1.96 bits per heavy atom. The highest BCUT2D eigenvalue weighted by Gasteiger charge is 2.44. The van der Waals surface area contributed by atoms with Crippen molar-refractivity contribution in [2.24, 2.45) is 0 Å². The van der Waals surface area contributed by atoms with Crippen molar-refractivity contribution in [3.8, 4) is 0 Å². The van der Waals surface area contributed by atoms with Crippen LogP contribution in [0.25, 0.3) is 6.08 Å². The molecule has 4 amide bonds. The molecule has 26 heavy (non-hydrogen) atoms. The topological polar surface area (TPSA) is 110 Å². The van der Waals surface area contributed by atoms with Crippen molar-refractivity contribution in [1.29, 1.82) is 0 Å². The van der Waals surface area contributed by atoms with Crippen LogP contribution in [0.15, 0.2) is 24.3 Å². The minimum absolute atomic E-state index is 0.0668. The van der Waals surface area contributed by atoms with Gasteiger partial charge < -0.3 is 4.74 Å². The molecule has 2 heterocycles. The van der Waals surface area contributed by atoms with E-state index in [4.69, 9.17) is 4.74 Å². The molecule has 1 aromatic rings. The van der Waals surface area contributed by atoms with Gasteiger partial charge >= 0.3 is 5.97 Å². The first kappa shape index (κ1) is 17.5. The van der Waals surface area contributed by atoms with Gasteiger partial charge in [0, 0.05) is 12.5 Å². The molecule has 1 aromatic carbocycles. The number of nitrogens with one attached hydrogen (secondary N) is 1. The quantitative estimate of drug-likeness (QED) is 0.482. The number of imide groups is 2. The van der Waals surface area contributed by atoms with Crippen LogP contribution < -0.4 is 5.32 Å². The highest BCUT2D eigenvalue weighted by molar-refractivity contribution is 6.23. The van der Waals surface area contributed by atoms with Gasteiger partial charge in [-0.15, -0.1) is 0 Å². The summed E-state index contributed by atoms with van der Waals surface area (Å²) in [7, 11) is 0. The van der Waals surface area contributed by atoms with Gasteiger partial charge in [-0.05, 0) is 37.1 Å². The van der Waals surface area contributed by atoms with Crippen LogP contribution in [0.1, 0.15) is 46.0 Å². The number of hydrogen-bond donors (Lipinski definition) is 1. The maximum absolute atomic E-state index is 12.7. The molecule has 1 unspecified atom stereocenters. The second-order valence-corrected chi connectivity index (χ2v) is 5.84. The lowest BCUT2D eigenvalue weighted by Gasteiger charge is -2.27. The number of esters is 1. The SMILES string of the molecule is CCOC(=O)/C=C/c1ccc2c(c1)C(=O)N(C1CCC(=O)NC1=O)C2=O. The number of benzene rings is 1. The van der Waals surface area contributed by atoms with Crippen molar-refractivity contribution in [2.45, 2.75) is 25.8 Å². The van der Waals surface area contributed by atoms with Gasteiger partial charge in [-0.2, -0.15) is 0 Å². The number of rotatable bonds is 4. The summed E-state index contributed by atoms with van der Waals surface area (Å²) in [5.41, 5.74) is 0.891. The van der Waals surface area contributed by atoms with Crippen LogP contribution in [0.2, 0.25) is 0 Å². The predicted octanol–water partition coefficient (Wildman–Crippen LogP) is 0.664. The largest absolute Gasteiger partial charge is 0.463 e. The van der Waals surface area contributed by atoms with Crippen LogP contribution in [-0.2, 0) is 19.1 Å². The highest BCUT2D eigenvalue weighted by atomic mass is 16.5. The molecule has 8 heteroatoms. The first-order valence-electron chi connectivity index (χ1n) is 8.13. The van der Waals surface area contributed by atoms with E-state index in [2.05, 4.69) is 5.32 Å². The van der Waals surface area contributed by atoms with Crippen LogP contribution >= 0.6 is 0 Å². The van der Waals surface area contributed by atoms with Crippen LogP contribution in [0.4, 0.5) is 0 Å². The number of nitrogens with zero attached hydrogens (tertiary/aromatic N) is 1. The summed E-state index contributed by atoms with van der Waals surface area (Å²) in [5.74, 6) is -2.75. The maximum Gasteiger partial charge on any atom is 0.330 e. The van der Waals surface area contributed by atoms with Crippen molar-refractivity contribution in [1.82, 2.24) is 10.2 Å². The lowest BCUT2D eigenvalue weighted by atomic mass is 10.0. The summed E-state index contributed by atoms with van der Waals surface area (Å²) in [6.45, 7) is 1.94. The molecule has 0 aliphatic carbocycles. The van der Waals surface area contributed by atoms with Crippen LogP contribution in [0.3, 0.4) is 0 Å². The Labute approximate surface area is 148 Å². The number of piperidine rings is 1. The summed E-state index contributed by atoms with van der Waals surface area (Å²) in [6.07, 6.45) is 2.87. The molecule has 1 saturated heterocycles. The Hall–Kier alpha value is -3.29. The molecule has 134 valence electrons. The average molecular weight is 356 g/mol. The second-order valence-electron chi connectivity index (χ2n) is 5.84. The molecule has 0 aromatic heterocycles. The minimum atomic E-state index is -1.00. The number of fused-ring (bicyclic) bond motifs is 1. The van der Waals surface area contributed by atoms with Gasteiger partial charge in [0.1, 0.15) is 6.04 Å². The van der Waals surface area contributed by atoms with Crippen molar-refractivity contribution in [3.05, 3.63) is 41.0 Å². The van der Waals surface area contributed by atoms with Gasteiger partial charge in [0.25, 0.3) is 11.8 Å². The second kappa shape index (κ2) is 6.91. The number of carbonyl (C=O) groups excluding carboxylic acids is 5. The van der Waals surface area contributed by atoms with E-state index < -0.39 is 35.6 Å². The lowest BCUT2D eigenvalue weighted by Crippen LogP contribution is -2.54. The molecule has 2 aliphatic heterocycles. The Morgan fingerprint density at radius 3 is 2.65 bits per heavy atom. The zero-order valence-corrected chi connectivity index (χ0v) is 14.0. The Morgan fingerprint density at radius 1 is 1.23 bits per heavy atom. The first-order chi connectivity index (χ1) is 12.4. The van der Waals surface area contributed by atoms with E-state index in [-0.39, 0.29) is 30.6 Å². The van der Waals surface area contributed by atoms with E-state index in [1.807, 2.05) is 0 Å². The third-order valence-electron chi connectivity index (χ3n) is 4.16. The first-order valence-corrected chi connectivity index (χ1v) is 8.13. The summed E-state index contributed by atoms with van der Waals surface area (Å²) >= 11 is 0. The van der Waals surface area contributed by atoms with Crippen molar-refractivity contribution < 1.29 is 28.7 Å². The fraction of sp³-hybridized carbons (Fsp3) is 0.278. The van der Waals surface area contributed by atoms with Gasteiger partial charge in [0.2, 0.25) is 11.8 Å². The molecule has 1 N–H and O–H groups in total. The zero-order chi connectivity index (χ0) is 18.8. The average Bonchev–Trinajstić information content (AvgIpc) is 2.85. The predicted molar refractivity (Wildman–Crippen MR) is 88.8 cm³/mol. The summed E-state index contributed by atoms with van der Waals surface area (Å²) in [4.78, 5) is 60.7. The van der Waals surface area contributed by atoms with Gasteiger partial charge in [-0.25, -0.2) is 4.79 Å².